The third kappa shape index (κ3) is 5.49. The normalized spacial score (nSPS) is 16.4. The van der Waals surface area contributed by atoms with E-state index in [2.05, 4.69) is 34.2 Å². The Labute approximate surface area is 143 Å². The molecule has 2 N–H and O–H groups in total. The fraction of sp³-hybridized carbons (Fsp3) is 0.471. The zero-order valence-corrected chi connectivity index (χ0v) is 14.4. The van der Waals surface area contributed by atoms with Crippen LogP contribution in [0.5, 0.6) is 5.75 Å². The van der Waals surface area contributed by atoms with E-state index in [1.54, 1.807) is 13.2 Å². The largest absolute Gasteiger partial charge is 0.497 e. The number of benzene rings is 1. The van der Waals surface area contributed by atoms with Crippen molar-refractivity contribution in [2.75, 3.05) is 46.5 Å². The Bertz CT molecular complexity index is 501. The number of nitrogens with one attached hydrogen (secondary N) is 2. The highest BCUT2D eigenvalue weighted by molar-refractivity contribution is 7.80. The second-order valence-electron chi connectivity index (χ2n) is 5.32. The fourth-order valence-electron chi connectivity index (χ4n) is 2.59. The van der Waals surface area contributed by atoms with Gasteiger partial charge in [-0.05, 0) is 29.9 Å². The summed E-state index contributed by atoms with van der Waals surface area (Å²) in [6.45, 7) is 8.47. The maximum atomic E-state index is 5.47. The minimum atomic E-state index is 0.244. The number of nitrogens with zero attached hydrogens (tertiary/aromatic N) is 1. The quantitative estimate of drug-likeness (QED) is 0.584. The van der Waals surface area contributed by atoms with Crippen molar-refractivity contribution in [1.29, 1.82) is 0 Å². The van der Waals surface area contributed by atoms with Crippen LogP contribution in [0.15, 0.2) is 36.9 Å². The summed E-state index contributed by atoms with van der Waals surface area (Å²) in [5.74, 6) is 0.866. The van der Waals surface area contributed by atoms with Crippen LogP contribution in [0, 0.1) is 0 Å². The van der Waals surface area contributed by atoms with Crippen LogP contribution in [-0.2, 0) is 4.74 Å². The van der Waals surface area contributed by atoms with Gasteiger partial charge in [0.2, 0.25) is 0 Å². The monoisotopic (exact) mass is 335 g/mol. The molecule has 5 nitrogen and oxygen atoms in total. The van der Waals surface area contributed by atoms with Crippen LogP contribution in [0.3, 0.4) is 0 Å². The van der Waals surface area contributed by atoms with Crippen molar-refractivity contribution in [1.82, 2.24) is 15.5 Å². The van der Waals surface area contributed by atoms with Crippen LogP contribution in [-0.4, -0.2) is 56.5 Å². The lowest BCUT2D eigenvalue weighted by Crippen LogP contribution is -2.45. The molecule has 0 spiro atoms. The maximum absolute atomic E-state index is 5.47. The van der Waals surface area contributed by atoms with Crippen molar-refractivity contribution in [2.45, 2.75) is 6.04 Å². The van der Waals surface area contributed by atoms with Gasteiger partial charge >= 0.3 is 0 Å². The predicted molar refractivity (Wildman–Crippen MR) is 96.9 cm³/mol. The summed E-state index contributed by atoms with van der Waals surface area (Å²) in [6.07, 6.45) is 1.79. The van der Waals surface area contributed by atoms with Crippen molar-refractivity contribution in [3.63, 3.8) is 0 Å². The molecule has 0 saturated carbocycles. The van der Waals surface area contributed by atoms with Gasteiger partial charge in [-0.2, -0.15) is 0 Å². The number of hydrogen-bond donors (Lipinski definition) is 2. The van der Waals surface area contributed by atoms with Crippen LogP contribution in [0.25, 0.3) is 0 Å². The minimum absolute atomic E-state index is 0.244. The van der Waals surface area contributed by atoms with Crippen LogP contribution in [0.2, 0.25) is 0 Å². The molecule has 23 heavy (non-hydrogen) atoms. The Hall–Kier alpha value is -1.63. The Morgan fingerprint density at radius 2 is 2.04 bits per heavy atom. The number of rotatable bonds is 7. The van der Waals surface area contributed by atoms with Gasteiger partial charge in [-0.25, -0.2) is 0 Å². The highest BCUT2D eigenvalue weighted by atomic mass is 32.1. The molecule has 1 aromatic rings. The molecule has 6 heteroatoms. The van der Waals surface area contributed by atoms with Gasteiger partial charge in [0.25, 0.3) is 0 Å². The lowest BCUT2D eigenvalue weighted by atomic mass is 10.0. The van der Waals surface area contributed by atoms with Gasteiger partial charge in [0, 0.05) is 26.2 Å². The van der Waals surface area contributed by atoms with E-state index in [9.17, 15) is 0 Å². The maximum Gasteiger partial charge on any atom is 0.166 e. The Kier molecular flexibility index (Phi) is 7.32. The van der Waals surface area contributed by atoms with Gasteiger partial charge in [-0.3, -0.25) is 4.90 Å². The summed E-state index contributed by atoms with van der Waals surface area (Å²) >= 11 is 5.30. The molecule has 0 aromatic heterocycles. The number of hydrogen-bond acceptors (Lipinski definition) is 4. The van der Waals surface area contributed by atoms with E-state index in [-0.39, 0.29) is 6.04 Å². The van der Waals surface area contributed by atoms with Gasteiger partial charge in [-0.15, -0.1) is 6.58 Å². The van der Waals surface area contributed by atoms with E-state index in [0.29, 0.717) is 11.7 Å². The smallest absolute Gasteiger partial charge is 0.166 e. The zero-order chi connectivity index (χ0) is 16.5. The Balaban J connectivity index is 2.04. The summed E-state index contributed by atoms with van der Waals surface area (Å²) in [6, 6.07) is 8.46. The summed E-state index contributed by atoms with van der Waals surface area (Å²) in [5, 5.41) is 7.05. The molecule has 1 unspecified atom stereocenters. The van der Waals surface area contributed by atoms with E-state index in [0.717, 1.165) is 38.6 Å². The Morgan fingerprint density at radius 1 is 1.35 bits per heavy atom. The van der Waals surface area contributed by atoms with Crippen LogP contribution < -0.4 is 15.4 Å². The first kappa shape index (κ1) is 17.7. The van der Waals surface area contributed by atoms with Crippen molar-refractivity contribution in [3.05, 3.63) is 42.5 Å². The third-order valence-electron chi connectivity index (χ3n) is 3.85. The first-order valence-electron chi connectivity index (χ1n) is 7.83. The number of thiocarbonyl (C=S) groups is 1. The van der Waals surface area contributed by atoms with Gasteiger partial charge in [0.15, 0.2) is 5.11 Å². The molecule has 1 aliphatic rings. The molecule has 1 aromatic carbocycles. The molecule has 2 rings (SSSR count). The molecular weight excluding hydrogens is 310 g/mol. The fourth-order valence-corrected chi connectivity index (χ4v) is 2.76. The van der Waals surface area contributed by atoms with Gasteiger partial charge in [0.1, 0.15) is 5.75 Å². The van der Waals surface area contributed by atoms with Crippen molar-refractivity contribution in [2.24, 2.45) is 0 Å². The van der Waals surface area contributed by atoms with E-state index in [1.807, 2.05) is 12.1 Å². The lowest BCUT2D eigenvalue weighted by Gasteiger charge is -2.35. The van der Waals surface area contributed by atoms with Gasteiger partial charge in [0.05, 0.1) is 26.4 Å². The van der Waals surface area contributed by atoms with Crippen molar-refractivity contribution < 1.29 is 9.47 Å². The first-order chi connectivity index (χ1) is 11.2. The zero-order valence-electron chi connectivity index (χ0n) is 13.6. The number of ether oxygens (including phenoxy) is 2. The van der Waals surface area contributed by atoms with Crippen molar-refractivity contribution >= 4 is 17.3 Å². The van der Waals surface area contributed by atoms with E-state index >= 15 is 0 Å². The van der Waals surface area contributed by atoms with E-state index in [4.69, 9.17) is 21.7 Å². The molecule has 1 atom stereocenters. The molecular formula is C17H25N3O2S. The topological polar surface area (TPSA) is 45.8 Å². The second-order valence-corrected chi connectivity index (χ2v) is 5.73. The molecule has 126 valence electrons. The number of morpholine rings is 1. The van der Waals surface area contributed by atoms with E-state index in [1.165, 1.54) is 5.56 Å². The number of methoxy groups -OCH3 is 1. The third-order valence-corrected chi connectivity index (χ3v) is 4.14. The van der Waals surface area contributed by atoms with Gasteiger partial charge < -0.3 is 20.1 Å². The van der Waals surface area contributed by atoms with Crippen LogP contribution in [0.1, 0.15) is 11.6 Å². The lowest BCUT2D eigenvalue weighted by molar-refractivity contribution is 0.0170. The standard InChI is InChI=1S/C17H25N3O2S/c1-3-8-18-17(23)19-13-16(20-9-11-22-12-10-20)14-4-6-15(21-2)7-5-14/h3-7,16H,1,8-13H2,2H3,(H2,18,19,23). The van der Waals surface area contributed by atoms with Crippen LogP contribution in [0.4, 0.5) is 0 Å². The predicted octanol–water partition coefficient (Wildman–Crippen LogP) is 1.72. The molecule has 1 aliphatic heterocycles. The van der Waals surface area contributed by atoms with Crippen LogP contribution >= 0.6 is 12.2 Å². The molecule has 1 heterocycles. The second kappa shape index (κ2) is 9.50. The summed E-state index contributed by atoms with van der Waals surface area (Å²) in [7, 11) is 1.68. The molecule has 1 saturated heterocycles. The highest BCUT2D eigenvalue weighted by Crippen LogP contribution is 2.23. The SMILES string of the molecule is C=CCNC(=S)NCC(c1ccc(OC)cc1)N1CCOCC1. The highest BCUT2D eigenvalue weighted by Gasteiger charge is 2.22. The summed E-state index contributed by atoms with van der Waals surface area (Å²) < 4.78 is 10.7. The van der Waals surface area contributed by atoms with Crippen molar-refractivity contribution in [3.8, 4) is 5.75 Å². The summed E-state index contributed by atoms with van der Waals surface area (Å²) in [5.41, 5.74) is 1.24. The minimum Gasteiger partial charge on any atom is -0.497 e. The Morgan fingerprint density at radius 3 is 2.65 bits per heavy atom. The average Bonchev–Trinajstić information content (AvgIpc) is 2.61. The average molecular weight is 335 g/mol. The molecule has 0 amide bonds. The molecule has 0 bridgehead atoms. The molecule has 1 fully saturated rings. The van der Waals surface area contributed by atoms with Gasteiger partial charge in [-0.1, -0.05) is 18.2 Å². The molecule has 0 radical (unpaired) electrons. The van der Waals surface area contributed by atoms with E-state index < -0.39 is 0 Å². The molecule has 0 aliphatic carbocycles. The first-order valence-corrected chi connectivity index (χ1v) is 8.23. The summed E-state index contributed by atoms with van der Waals surface area (Å²) in [4.78, 5) is 2.43.